The highest BCUT2D eigenvalue weighted by Gasteiger charge is 2.18. The van der Waals surface area contributed by atoms with Crippen LogP contribution in [-0.2, 0) is 4.79 Å². The summed E-state index contributed by atoms with van der Waals surface area (Å²) in [5.74, 6) is 0.300. The quantitative estimate of drug-likeness (QED) is 0.644. The number of ether oxygens (including phenoxy) is 2. The molecule has 0 spiro atoms. The molecular weight excluding hydrogens is 406 g/mol. The molecule has 30 heavy (non-hydrogen) atoms. The summed E-state index contributed by atoms with van der Waals surface area (Å²) >= 11 is 6.06. The maximum Gasteiger partial charge on any atom is 0.271 e. The van der Waals surface area contributed by atoms with Gasteiger partial charge in [0.1, 0.15) is 5.75 Å². The summed E-state index contributed by atoms with van der Waals surface area (Å²) in [6, 6.07) is 13.4. The lowest BCUT2D eigenvalue weighted by molar-refractivity contribution is -0.122. The van der Waals surface area contributed by atoms with Crippen LogP contribution in [0.1, 0.15) is 18.1 Å². The maximum atomic E-state index is 12.6. The predicted octanol–water partition coefficient (Wildman–Crippen LogP) is 3.92. The summed E-state index contributed by atoms with van der Waals surface area (Å²) < 4.78 is 12.2. The van der Waals surface area contributed by atoms with Gasteiger partial charge in [-0.2, -0.15) is 4.68 Å². The van der Waals surface area contributed by atoms with Crippen LogP contribution in [0.5, 0.6) is 11.6 Å². The minimum Gasteiger partial charge on any atom is -0.495 e. The summed E-state index contributed by atoms with van der Waals surface area (Å²) in [5, 5.41) is 7.52. The molecule has 1 aromatic heterocycles. The molecule has 0 aliphatic carbocycles. The predicted molar refractivity (Wildman–Crippen MR) is 116 cm³/mol. The third-order valence-electron chi connectivity index (χ3n) is 4.45. The molecule has 0 saturated carbocycles. The molecule has 1 atom stereocenters. The van der Waals surface area contributed by atoms with Gasteiger partial charge in [0, 0.05) is 17.2 Å². The zero-order chi connectivity index (χ0) is 21.8. The van der Waals surface area contributed by atoms with Crippen molar-refractivity contribution in [1.82, 2.24) is 9.78 Å². The number of halogens is 1. The molecule has 8 heteroatoms. The Morgan fingerprint density at radius 2 is 1.90 bits per heavy atom. The van der Waals surface area contributed by atoms with E-state index in [0.29, 0.717) is 22.1 Å². The number of nitrogens with one attached hydrogen (secondary N) is 1. The molecule has 1 heterocycles. The summed E-state index contributed by atoms with van der Waals surface area (Å²) in [4.78, 5) is 24.9. The van der Waals surface area contributed by atoms with Gasteiger partial charge < -0.3 is 14.8 Å². The molecule has 156 valence electrons. The fraction of sp³-hybridized carbons (Fsp3) is 0.227. The van der Waals surface area contributed by atoms with E-state index in [9.17, 15) is 9.59 Å². The number of hydrogen-bond donors (Lipinski definition) is 1. The first-order chi connectivity index (χ1) is 14.3. The largest absolute Gasteiger partial charge is 0.495 e. The van der Waals surface area contributed by atoms with E-state index in [1.165, 1.54) is 23.9 Å². The number of aromatic nitrogens is 2. The third-order valence-corrected chi connectivity index (χ3v) is 4.69. The smallest absolute Gasteiger partial charge is 0.271 e. The standard InChI is InChI=1S/C22H22ClN3O4/c1-13-5-8-19(29-4)17(11-13)24-22(28)15(3)30-20-9-10-21(27)26(25-20)18-12-16(23)7-6-14(18)2/h5-12,15H,1-4H3,(H,24,28). The third kappa shape index (κ3) is 4.80. The molecule has 7 nitrogen and oxygen atoms in total. The fourth-order valence-electron chi connectivity index (χ4n) is 2.83. The molecule has 1 N–H and O–H groups in total. The Morgan fingerprint density at radius 3 is 2.63 bits per heavy atom. The lowest BCUT2D eigenvalue weighted by atomic mass is 10.2. The van der Waals surface area contributed by atoms with Crippen LogP contribution < -0.4 is 20.3 Å². The van der Waals surface area contributed by atoms with Gasteiger partial charge in [0.05, 0.1) is 18.5 Å². The second-order valence-electron chi connectivity index (χ2n) is 6.81. The summed E-state index contributed by atoms with van der Waals surface area (Å²) in [7, 11) is 1.53. The van der Waals surface area contributed by atoms with Crippen molar-refractivity contribution >= 4 is 23.2 Å². The first-order valence-corrected chi connectivity index (χ1v) is 9.65. The van der Waals surface area contributed by atoms with Crippen LogP contribution in [0.4, 0.5) is 5.69 Å². The maximum absolute atomic E-state index is 12.6. The monoisotopic (exact) mass is 427 g/mol. The highest BCUT2D eigenvalue weighted by atomic mass is 35.5. The van der Waals surface area contributed by atoms with Crippen LogP contribution in [0.2, 0.25) is 5.02 Å². The van der Waals surface area contributed by atoms with E-state index in [0.717, 1.165) is 11.1 Å². The second kappa shape index (κ2) is 9.00. The highest BCUT2D eigenvalue weighted by molar-refractivity contribution is 6.30. The summed E-state index contributed by atoms with van der Waals surface area (Å²) in [6.45, 7) is 5.36. The number of rotatable bonds is 6. The van der Waals surface area contributed by atoms with Crippen LogP contribution >= 0.6 is 11.6 Å². The van der Waals surface area contributed by atoms with Crippen molar-refractivity contribution in [3.8, 4) is 17.3 Å². The van der Waals surface area contributed by atoms with Crippen LogP contribution in [0.3, 0.4) is 0 Å². The van der Waals surface area contributed by atoms with Gasteiger partial charge in [-0.05, 0) is 56.2 Å². The van der Waals surface area contributed by atoms with Crippen molar-refractivity contribution in [3.63, 3.8) is 0 Å². The Morgan fingerprint density at radius 1 is 1.13 bits per heavy atom. The molecule has 0 radical (unpaired) electrons. The SMILES string of the molecule is COc1ccc(C)cc1NC(=O)C(C)Oc1ccc(=O)n(-c2cc(Cl)ccc2C)n1. The number of nitrogens with zero attached hydrogens (tertiary/aromatic N) is 2. The minimum absolute atomic E-state index is 0.132. The van der Waals surface area contributed by atoms with Crippen molar-refractivity contribution in [2.75, 3.05) is 12.4 Å². The number of carbonyl (C=O) groups excluding carboxylic acids is 1. The van der Waals surface area contributed by atoms with E-state index in [1.54, 1.807) is 31.2 Å². The first-order valence-electron chi connectivity index (χ1n) is 9.27. The van der Waals surface area contributed by atoms with Crippen LogP contribution in [0, 0.1) is 13.8 Å². The van der Waals surface area contributed by atoms with E-state index < -0.39 is 6.10 Å². The number of aryl methyl sites for hydroxylation is 2. The normalized spacial score (nSPS) is 11.6. The Bertz CT molecular complexity index is 1140. The number of amides is 1. The van der Waals surface area contributed by atoms with Gasteiger partial charge in [-0.15, -0.1) is 5.10 Å². The molecule has 0 aliphatic heterocycles. The van der Waals surface area contributed by atoms with Crippen molar-refractivity contribution < 1.29 is 14.3 Å². The van der Waals surface area contributed by atoms with E-state index >= 15 is 0 Å². The van der Waals surface area contributed by atoms with Crippen molar-refractivity contribution in [1.29, 1.82) is 0 Å². The number of benzene rings is 2. The van der Waals surface area contributed by atoms with Crippen molar-refractivity contribution in [2.45, 2.75) is 26.9 Å². The zero-order valence-corrected chi connectivity index (χ0v) is 17.9. The highest BCUT2D eigenvalue weighted by Crippen LogP contribution is 2.25. The molecule has 0 saturated heterocycles. The number of carbonyl (C=O) groups is 1. The molecule has 0 bridgehead atoms. The van der Waals surface area contributed by atoms with Gasteiger partial charge in [-0.3, -0.25) is 9.59 Å². The van der Waals surface area contributed by atoms with Crippen LogP contribution in [0.15, 0.2) is 53.3 Å². The Balaban J connectivity index is 1.81. The second-order valence-corrected chi connectivity index (χ2v) is 7.24. The number of anilines is 1. The molecule has 0 fully saturated rings. The molecule has 3 rings (SSSR count). The fourth-order valence-corrected chi connectivity index (χ4v) is 3.00. The van der Waals surface area contributed by atoms with E-state index in [1.807, 2.05) is 26.0 Å². The molecule has 3 aromatic rings. The lowest BCUT2D eigenvalue weighted by Crippen LogP contribution is -2.31. The molecule has 1 unspecified atom stereocenters. The first kappa shape index (κ1) is 21.4. The van der Waals surface area contributed by atoms with Crippen LogP contribution in [0.25, 0.3) is 5.69 Å². The zero-order valence-electron chi connectivity index (χ0n) is 17.1. The van der Waals surface area contributed by atoms with Gasteiger partial charge in [0.15, 0.2) is 6.10 Å². The van der Waals surface area contributed by atoms with E-state index in [-0.39, 0.29) is 17.3 Å². The molecule has 2 aromatic carbocycles. The minimum atomic E-state index is -0.867. The molecule has 0 aliphatic rings. The Hall–Kier alpha value is -3.32. The van der Waals surface area contributed by atoms with Crippen molar-refractivity contribution in [2.24, 2.45) is 0 Å². The summed E-state index contributed by atoms with van der Waals surface area (Å²) in [6.07, 6.45) is -0.867. The summed E-state index contributed by atoms with van der Waals surface area (Å²) in [5.41, 5.74) is 2.55. The van der Waals surface area contributed by atoms with Gasteiger partial charge in [-0.1, -0.05) is 23.7 Å². The van der Waals surface area contributed by atoms with Gasteiger partial charge in [-0.25, -0.2) is 0 Å². The average molecular weight is 428 g/mol. The Labute approximate surface area is 179 Å². The van der Waals surface area contributed by atoms with Crippen molar-refractivity contribution in [3.05, 3.63) is 75.0 Å². The topological polar surface area (TPSA) is 82.5 Å². The lowest BCUT2D eigenvalue weighted by Gasteiger charge is -2.17. The van der Waals surface area contributed by atoms with E-state index in [2.05, 4.69) is 10.4 Å². The Kier molecular flexibility index (Phi) is 6.42. The van der Waals surface area contributed by atoms with Gasteiger partial charge in [0.2, 0.25) is 5.88 Å². The number of methoxy groups -OCH3 is 1. The average Bonchev–Trinajstić information content (AvgIpc) is 2.71. The molecular formula is C22H22ClN3O4. The molecule has 1 amide bonds. The number of hydrogen-bond acceptors (Lipinski definition) is 5. The van der Waals surface area contributed by atoms with Crippen LogP contribution in [-0.4, -0.2) is 28.9 Å². The van der Waals surface area contributed by atoms with Gasteiger partial charge >= 0.3 is 0 Å². The van der Waals surface area contributed by atoms with E-state index in [4.69, 9.17) is 21.1 Å². The van der Waals surface area contributed by atoms with Gasteiger partial charge in [0.25, 0.3) is 11.5 Å².